The molecule has 0 radical (unpaired) electrons. The molecule has 4 nitrogen and oxygen atoms in total. The molecule has 0 fully saturated rings. The molecule has 0 heterocycles. The number of amides is 1. The first kappa shape index (κ1) is 16.7. The van der Waals surface area contributed by atoms with Crippen LogP contribution in [0.3, 0.4) is 0 Å². The first-order chi connectivity index (χ1) is 11.1. The van der Waals surface area contributed by atoms with Crippen molar-refractivity contribution < 1.29 is 14.7 Å². The Morgan fingerprint density at radius 3 is 2.04 bits per heavy atom. The standard InChI is InChI=1S/C19H21NO3/c1-2-3-14-4-9-16(10-5-14)19(23)20-17-11-6-15(7-12-17)8-13-18(21)22/h4-7,9-12H,2-3,8,13H2,1H3,(H,20,23)(H,21,22). The summed E-state index contributed by atoms with van der Waals surface area (Å²) in [5.74, 6) is -0.958. The molecule has 0 atom stereocenters. The minimum absolute atomic E-state index is 0.107. The number of benzene rings is 2. The maximum absolute atomic E-state index is 12.2. The fourth-order valence-electron chi connectivity index (χ4n) is 2.32. The highest BCUT2D eigenvalue weighted by Gasteiger charge is 2.06. The van der Waals surface area contributed by atoms with Gasteiger partial charge in [0.2, 0.25) is 0 Å². The molecule has 0 saturated heterocycles. The van der Waals surface area contributed by atoms with E-state index in [0.717, 1.165) is 18.4 Å². The van der Waals surface area contributed by atoms with Crippen molar-refractivity contribution in [3.8, 4) is 0 Å². The summed E-state index contributed by atoms with van der Waals surface area (Å²) < 4.78 is 0. The van der Waals surface area contributed by atoms with Crippen LogP contribution in [0.15, 0.2) is 48.5 Å². The molecule has 0 spiro atoms. The molecule has 0 unspecified atom stereocenters. The van der Waals surface area contributed by atoms with Gasteiger partial charge in [-0.1, -0.05) is 37.6 Å². The van der Waals surface area contributed by atoms with E-state index in [2.05, 4.69) is 12.2 Å². The van der Waals surface area contributed by atoms with Gasteiger partial charge in [0, 0.05) is 17.7 Å². The zero-order valence-corrected chi connectivity index (χ0v) is 13.2. The lowest BCUT2D eigenvalue weighted by Crippen LogP contribution is -2.11. The van der Waals surface area contributed by atoms with E-state index in [1.54, 1.807) is 12.1 Å². The SMILES string of the molecule is CCCc1ccc(C(=O)Nc2ccc(CCC(=O)O)cc2)cc1. The second-order valence-corrected chi connectivity index (χ2v) is 5.49. The van der Waals surface area contributed by atoms with Gasteiger partial charge in [-0.2, -0.15) is 0 Å². The van der Waals surface area contributed by atoms with Crippen molar-refractivity contribution >= 4 is 17.6 Å². The van der Waals surface area contributed by atoms with Crippen molar-refractivity contribution in [3.05, 3.63) is 65.2 Å². The van der Waals surface area contributed by atoms with E-state index in [4.69, 9.17) is 5.11 Å². The second kappa shape index (κ2) is 8.13. The minimum Gasteiger partial charge on any atom is -0.481 e. The lowest BCUT2D eigenvalue weighted by atomic mass is 10.1. The summed E-state index contributed by atoms with van der Waals surface area (Å²) >= 11 is 0. The van der Waals surface area contributed by atoms with Gasteiger partial charge in [0.15, 0.2) is 0 Å². The highest BCUT2D eigenvalue weighted by Crippen LogP contribution is 2.13. The molecule has 0 aliphatic heterocycles. The molecular formula is C19H21NO3. The largest absolute Gasteiger partial charge is 0.481 e. The van der Waals surface area contributed by atoms with Crippen molar-refractivity contribution in [2.45, 2.75) is 32.6 Å². The number of rotatable bonds is 7. The summed E-state index contributed by atoms with van der Waals surface area (Å²) in [4.78, 5) is 22.7. The number of hydrogen-bond donors (Lipinski definition) is 2. The van der Waals surface area contributed by atoms with Crippen LogP contribution >= 0.6 is 0 Å². The summed E-state index contributed by atoms with van der Waals surface area (Å²) in [6, 6.07) is 14.9. The Balaban J connectivity index is 1.95. The van der Waals surface area contributed by atoms with Crippen molar-refractivity contribution in [2.24, 2.45) is 0 Å². The summed E-state index contributed by atoms with van der Waals surface area (Å²) in [6.07, 6.45) is 2.69. The molecule has 1 amide bonds. The van der Waals surface area contributed by atoms with Crippen LogP contribution in [0.4, 0.5) is 5.69 Å². The topological polar surface area (TPSA) is 66.4 Å². The van der Waals surface area contributed by atoms with Crippen molar-refractivity contribution in [2.75, 3.05) is 5.32 Å². The third-order valence-corrected chi connectivity index (χ3v) is 3.59. The van der Waals surface area contributed by atoms with Crippen molar-refractivity contribution in [1.82, 2.24) is 0 Å². The van der Waals surface area contributed by atoms with Crippen LogP contribution in [-0.2, 0) is 17.6 Å². The summed E-state index contributed by atoms with van der Waals surface area (Å²) in [5, 5.41) is 11.5. The molecule has 23 heavy (non-hydrogen) atoms. The Hall–Kier alpha value is -2.62. The number of carboxylic acids is 1. The number of aliphatic carboxylic acids is 1. The summed E-state index contributed by atoms with van der Waals surface area (Å²) in [5.41, 5.74) is 3.49. The van der Waals surface area contributed by atoms with Gasteiger partial charge < -0.3 is 10.4 Å². The monoisotopic (exact) mass is 311 g/mol. The van der Waals surface area contributed by atoms with E-state index in [-0.39, 0.29) is 12.3 Å². The number of nitrogens with one attached hydrogen (secondary N) is 1. The van der Waals surface area contributed by atoms with Gasteiger partial charge in [0.1, 0.15) is 0 Å². The Labute approximate surface area is 136 Å². The average molecular weight is 311 g/mol. The fourth-order valence-corrected chi connectivity index (χ4v) is 2.32. The zero-order chi connectivity index (χ0) is 16.7. The third-order valence-electron chi connectivity index (χ3n) is 3.59. The van der Waals surface area contributed by atoms with E-state index in [0.29, 0.717) is 17.7 Å². The van der Waals surface area contributed by atoms with Crippen LogP contribution in [0.2, 0.25) is 0 Å². The number of carbonyl (C=O) groups is 2. The highest BCUT2D eigenvalue weighted by atomic mass is 16.4. The Kier molecular flexibility index (Phi) is 5.92. The Morgan fingerprint density at radius 2 is 1.48 bits per heavy atom. The summed E-state index contributed by atoms with van der Waals surface area (Å²) in [7, 11) is 0. The van der Waals surface area contributed by atoms with E-state index in [1.165, 1.54) is 5.56 Å². The predicted molar refractivity (Wildman–Crippen MR) is 90.8 cm³/mol. The molecule has 0 saturated carbocycles. The molecule has 2 rings (SSSR count). The van der Waals surface area contributed by atoms with Crippen LogP contribution in [-0.4, -0.2) is 17.0 Å². The molecule has 2 aromatic rings. The average Bonchev–Trinajstić information content (AvgIpc) is 2.55. The fraction of sp³-hybridized carbons (Fsp3) is 0.263. The Morgan fingerprint density at radius 1 is 0.913 bits per heavy atom. The van der Waals surface area contributed by atoms with Gasteiger partial charge in [0.05, 0.1) is 0 Å². The molecule has 0 aromatic heterocycles. The number of anilines is 1. The zero-order valence-electron chi connectivity index (χ0n) is 13.2. The maximum Gasteiger partial charge on any atom is 0.303 e. The first-order valence-electron chi connectivity index (χ1n) is 7.79. The molecule has 0 bridgehead atoms. The van der Waals surface area contributed by atoms with Crippen LogP contribution in [0.5, 0.6) is 0 Å². The number of carboxylic acid groups (broad SMARTS) is 1. The van der Waals surface area contributed by atoms with Crippen molar-refractivity contribution in [3.63, 3.8) is 0 Å². The molecular weight excluding hydrogens is 290 g/mol. The second-order valence-electron chi connectivity index (χ2n) is 5.49. The normalized spacial score (nSPS) is 10.3. The van der Waals surface area contributed by atoms with Crippen LogP contribution in [0.1, 0.15) is 41.3 Å². The number of carbonyl (C=O) groups excluding carboxylic acids is 1. The smallest absolute Gasteiger partial charge is 0.303 e. The van der Waals surface area contributed by atoms with Gasteiger partial charge in [-0.05, 0) is 48.2 Å². The molecule has 4 heteroatoms. The number of aryl methyl sites for hydroxylation is 2. The van der Waals surface area contributed by atoms with Gasteiger partial charge in [-0.15, -0.1) is 0 Å². The van der Waals surface area contributed by atoms with E-state index < -0.39 is 5.97 Å². The predicted octanol–water partition coefficient (Wildman–Crippen LogP) is 3.91. The lowest BCUT2D eigenvalue weighted by molar-refractivity contribution is -0.136. The highest BCUT2D eigenvalue weighted by molar-refractivity contribution is 6.04. The van der Waals surface area contributed by atoms with Crippen LogP contribution in [0.25, 0.3) is 0 Å². The molecule has 2 N–H and O–H groups in total. The van der Waals surface area contributed by atoms with E-state index in [9.17, 15) is 9.59 Å². The molecule has 0 aliphatic rings. The van der Waals surface area contributed by atoms with Gasteiger partial charge >= 0.3 is 5.97 Å². The van der Waals surface area contributed by atoms with Crippen LogP contribution < -0.4 is 5.32 Å². The quantitative estimate of drug-likeness (QED) is 0.814. The van der Waals surface area contributed by atoms with Crippen molar-refractivity contribution in [1.29, 1.82) is 0 Å². The maximum atomic E-state index is 12.2. The minimum atomic E-state index is -0.811. The summed E-state index contributed by atoms with van der Waals surface area (Å²) in [6.45, 7) is 2.13. The first-order valence-corrected chi connectivity index (χ1v) is 7.79. The molecule has 0 aliphatic carbocycles. The van der Waals surface area contributed by atoms with E-state index >= 15 is 0 Å². The van der Waals surface area contributed by atoms with Crippen LogP contribution in [0, 0.1) is 0 Å². The molecule has 120 valence electrons. The van der Waals surface area contributed by atoms with Gasteiger partial charge in [-0.3, -0.25) is 9.59 Å². The van der Waals surface area contributed by atoms with Gasteiger partial charge in [0.25, 0.3) is 5.91 Å². The molecule has 2 aromatic carbocycles. The lowest BCUT2D eigenvalue weighted by Gasteiger charge is -2.07. The Bertz CT molecular complexity index is 660. The third kappa shape index (κ3) is 5.25. The number of hydrogen-bond acceptors (Lipinski definition) is 2. The van der Waals surface area contributed by atoms with E-state index in [1.807, 2.05) is 36.4 Å². The van der Waals surface area contributed by atoms with Gasteiger partial charge in [-0.25, -0.2) is 0 Å².